The molecule has 0 aliphatic carbocycles. The first-order valence-electron chi connectivity index (χ1n) is 8.42. The van der Waals surface area contributed by atoms with Crippen molar-refractivity contribution in [2.75, 3.05) is 17.2 Å². The third-order valence-corrected chi connectivity index (χ3v) is 3.81. The lowest BCUT2D eigenvalue weighted by Gasteiger charge is -2.10. The van der Waals surface area contributed by atoms with Gasteiger partial charge < -0.3 is 10.6 Å². The number of benzene rings is 2. The molecule has 27 heavy (non-hydrogen) atoms. The van der Waals surface area contributed by atoms with E-state index >= 15 is 0 Å². The maximum atomic E-state index is 12.6. The highest BCUT2D eigenvalue weighted by molar-refractivity contribution is 5.56. The van der Waals surface area contributed by atoms with Crippen LogP contribution < -0.4 is 10.6 Å². The molecule has 0 unspecified atom stereocenters. The van der Waals surface area contributed by atoms with Crippen molar-refractivity contribution in [3.63, 3.8) is 0 Å². The van der Waals surface area contributed by atoms with Crippen molar-refractivity contribution in [1.29, 1.82) is 0 Å². The van der Waals surface area contributed by atoms with Crippen molar-refractivity contribution in [3.8, 4) is 0 Å². The molecule has 3 aromatic rings. The molecule has 0 bridgehead atoms. The molecule has 8 heteroatoms. The van der Waals surface area contributed by atoms with Crippen LogP contribution in [-0.4, -0.2) is 21.7 Å². The average molecular weight is 373 g/mol. The second-order valence-corrected chi connectivity index (χ2v) is 5.88. The van der Waals surface area contributed by atoms with Crippen LogP contribution in [0.25, 0.3) is 0 Å². The van der Waals surface area contributed by atoms with E-state index < -0.39 is 11.7 Å². The molecule has 0 aliphatic heterocycles. The van der Waals surface area contributed by atoms with Gasteiger partial charge in [-0.15, -0.1) is 5.10 Å². The molecule has 2 N–H and O–H groups in total. The first-order valence-corrected chi connectivity index (χ1v) is 8.42. The van der Waals surface area contributed by atoms with Crippen LogP contribution in [0.15, 0.2) is 60.8 Å². The first kappa shape index (κ1) is 18.6. The van der Waals surface area contributed by atoms with Gasteiger partial charge in [-0.1, -0.05) is 30.3 Å². The third kappa shape index (κ3) is 5.67. The summed E-state index contributed by atoms with van der Waals surface area (Å²) in [4.78, 5) is 4.27. The Morgan fingerprint density at radius 2 is 1.67 bits per heavy atom. The van der Waals surface area contributed by atoms with Gasteiger partial charge in [-0.2, -0.15) is 23.3 Å². The second kappa shape index (κ2) is 8.48. The molecule has 0 radical (unpaired) electrons. The van der Waals surface area contributed by atoms with Gasteiger partial charge in [-0.05, 0) is 42.7 Å². The normalized spacial score (nSPS) is 11.2. The minimum Gasteiger partial charge on any atom is -0.353 e. The molecule has 140 valence electrons. The van der Waals surface area contributed by atoms with Crippen LogP contribution in [0.3, 0.4) is 0 Å². The van der Waals surface area contributed by atoms with Crippen molar-refractivity contribution in [2.24, 2.45) is 0 Å². The Balaban J connectivity index is 1.52. The molecular weight excluding hydrogens is 355 g/mol. The lowest BCUT2D eigenvalue weighted by molar-refractivity contribution is -0.137. The Hall–Kier alpha value is -3.16. The summed E-state index contributed by atoms with van der Waals surface area (Å²) in [6, 6.07) is 14.9. The van der Waals surface area contributed by atoms with Gasteiger partial charge >= 0.3 is 6.18 Å². The average Bonchev–Trinajstić information content (AvgIpc) is 2.66. The van der Waals surface area contributed by atoms with E-state index in [0.29, 0.717) is 24.0 Å². The van der Waals surface area contributed by atoms with E-state index in [1.807, 2.05) is 18.2 Å². The lowest BCUT2D eigenvalue weighted by atomic mass is 10.1. The van der Waals surface area contributed by atoms with Crippen LogP contribution in [-0.2, 0) is 12.6 Å². The first-order chi connectivity index (χ1) is 13.0. The van der Waals surface area contributed by atoms with E-state index in [0.717, 1.165) is 25.0 Å². The monoisotopic (exact) mass is 373 g/mol. The molecule has 0 aliphatic rings. The van der Waals surface area contributed by atoms with Crippen molar-refractivity contribution in [3.05, 3.63) is 71.9 Å². The molecule has 5 nitrogen and oxygen atoms in total. The summed E-state index contributed by atoms with van der Waals surface area (Å²) in [5, 5.41) is 13.8. The van der Waals surface area contributed by atoms with Crippen LogP contribution in [0.4, 0.5) is 30.6 Å². The van der Waals surface area contributed by atoms with E-state index in [-0.39, 0.29) is 0 Å². The topological polar surface area (TPSA) is 62.7 Å². The number of hydrogen-bond acceptors (Lipinski definition) is 5. The fourth-order valence-corrected chi connectivity index (χ4v) is 2.47. The number of aryl methyl sites for hydroxylation is 1. The zero-order chi connectivity index (χ0) is 19.1. The number of rotatable bonds is 7. The molecule has 0 saturated carbocycles. The Morgan fingerprint density at radius 3 is 2.37 bits per heavy atom. The summed E-state index contributed by atoms with van der Waals surface area (Å²) >= 11 is 0. The molecular formula is C19H18F3N5. The Labute approximate surface area is 154 Å². The van der Waals surface area contributed by atoms with Crippen molar-refractivity contribution >= 4 is 17.5 Å². The minimum absolute atomic E-state index is 0.361. The zero-order valence-corrected chi connectivity index (χ0v) is 14.4. The molecule has 0 saturated heterocycles. The standard InChI is InChI=1S/C19H18F3N5/c20-19(21,22)15-8-10-16(11-9-15)25-17-13-24-27-18(26-17)23-12-4-7-14-5-2-1-3-6-14/h1-3,5-6,8-11,13H,4,7,12H2,(H2,23,25,26,27). The third-order valence-electron chi connectivity index (χ3n) is 3.81. The van der Waals surface area contributed by atoms with E-state index in [9.17, 15) is 13.2 Å². The summed E-state index contributed by atoms with van der Waals surface area (Å²) in [6.07, 6.45) is -1.10. The van der Waals surface area contributed by atoms with Crippen molar-refractivity contribution in [1.82, 2.24) is 15.2 Å². The van der Waals surface area contributed by atoms with E-state index in [4.69, 9.17) is 0 Å². The van der Waals surface area contributed by atoms with Gasteiger partial charge in [-0.3, -0.25) is 0 Å². The fraction of sp³-hybridized carbons (Fsp3) is 0.211. The van der Waals surface area contributed by atoms with Crippen LogP contribution >= 0.6 is 0 Å². The molecule has 0 spiro atoms. The molecule has 0 fully saturated rings. The summed E-state index contributed by atoms with van der Waals surface area (Å²) in [7, 11) is 0. The summed E-state index contributed by atoms with van der Waals surface area (Å²) in [5.74, 6) is 0.760. The molecule has 2 aromatic carbocycles. The number of anilines is 3. The van der Waals surface area contributed by atoms with E-state index in [1.54, 1.807) is 0 Å². The molecule has 3 rings (SSSR count). The van der Waals surface area contributed by atoms with Gasteiger partial charge in [0, 0.05) is 12.2 Å². The number of alkyl halides is 3. The summed E-state index contributed by atoms with van der Waals surface area (Å²) in [6.45, 7) is 0.681. The maximum absolute atomic E-state index is 12.6. The molecule has 0 atom stereocenters. The largest absolute Gasteiger partial charge is 0.416 e. The van der Waals surface area contributed by atoms with Crippen LogP contribution in [0.2, 0.25) is 0 Å². The highest BCUT2D eigenvalue weighted by Gasteiger charge is 2.29. The molecule has 0 amide bonds. The van der Waals surface area contributed by atoms with Crippen LogP contribution in [0.1, 0.15) is 17.5 Å². The quantitative estimate of drug-likeness (QED) is 0.589. The number of aromatic nitrogens is 3. The van der Waals surface area contributed by atoms with Gasteiger partial charge in [0.15, 0.2) is 5.82 Å². The summed E-state index contributed by atoms with van der Waals surface area (Å²) < 4.78 is 37.8. The van der Waals surface area contributed by atoms with Gasteiger partial charge in [0.1, 0.15) is 0 Å². The van der Waals surface area contributed by atoms with Crippen LogP contribution in [0, 0.1) is 0 Å². The second-order valence-electron chi connectivity index (χ2n) is 5.88. The van der Waals surface area contributed by atoms with Gasteiger partial charge in [0.2, 0.25) is 5.95 Å². The zero-order valence-electron chi connectivity index (χ0n) is 14.4. The predicted molar refractivity (Wildman–Crippen MR) is 97.8 cm³/mol. The Morgan fingerprint density at radius 1 is 0.926 bits per heavy atom. The highest BCUT2D eigenvalue weighted by Crippen LogP contribution is 2.30. The van der Waals surface area contributed by atoms with Crippen molar-refractivity contribution < 1.29 is 13.2 Å². The summed E-state index contributed by atoms with van der Waals surface area (Å²) in [5.41, 5.74) is 1.05. The van der Waals surface area contributed by atoms with Gasteiger partial charge in [0.25, 0.3) is 0 Å². The molecule has 1 heterocycles. The minimum atomic E-state index is -4.36. The van der Waals surface area contributed by atoms with Gasteiger partial charge in [-0.25, -0.2) is 0 Å². The number of nitrogens with one attached hydrogen (secondary N) is 2. The number of hydrogen-bond donors (Lipinski definition) is 2. The Kier molecular flexibility index (Phi) is 5.85. The van der Waals surface area contributed by atoms with E-state index in [1.165, 1.54) is 23.9 Å². The SMILES string of the molecule is FC(F)(F)c1ccc(Nc2cnnc(NCCCc3ccccc3)n2)cc1. The fourth-order valence-electron chi connectivity index (χ4n) is 2.47. The predicted octanol–water partition coefficient (Wildman–Crippen LogP) is 4.68. The highest BCUT2D eigenvalue weighted by atomic mass is 19.4. The smallest absolute Gasteiger partial charge is 0.353 e. The van der Waals surface area contributed by atoms with Crippen molar-refractivity contribution in [2.45, 2.75) is 19.0 Å². The molecule has 1 aromatic heterocycles. The maximum Gasteiger partial charge on any atom is 0.416 e. The Bertz CT molecular complexity index is 851. The van der Waals surface area contributed by atoms with Gasteiger partial charge in [0.05, 0.1) is 11.8 Å². The number of halogens is 3. The number of nitrogens with zero attached hydrogens (tertiary/aromatic N) is 3. The lowest BCUT2D eigenvalue weighted by Crippen LogP contribution is -2.08. The van der Waals surface area contributed by atoms with Crippen LogP contribution in [0.5, 0.6) is 0 Å². The van der Waals surface area contributed by atoms with E-state index in [2.05, 4.69) is 37.9 Å².